The van der Waals surface area contributed by atoms with E-state index in [1.165, 1.54) is 135 Å². The second kappa shape index (κ2) is 39.1. The number of hydrogen-bond donors (Lipinski definition) is 0. The van der Waals surface area contributed by atoms with E-state index in [-0.39, 0.29) is 31.1 Å². The average molecular weight is 737 g/mol. The van der Waals surface area contributed by atoms with E-state index in [9.17, 15) is 14.4 Å². The second-order valence-electron chi connectivity index (χ2n) is 16.6. The third kappa shape index (κ3) is 39.6. The summed E-state index contributed by atoms with van der Waals surface area (Å²) in [5.41, 5.74) is 0. The molecule has 0 bridgehead atoms. The van der Waals surface area contributed by atoms with Gasteiger partial charge in [0.05, 0.1) is 0 Å². The molecule has 0 aliphatic carbocycles. The highest BCUT2D eigenvalue weighted by atomic mass is 16.6. The molecule has 0 aliphatic heterocycles. The Kier molecular flexibility index (Phi) is 37.9. The van der Waals surface area contributed by atoms with Crippen molar-refractivity contribution in [2.45, 2.75) is 253 Å². The van der Waals surface area contributed by atoms with Crippen LogP contribution in [-0.4, -0.2) is 37.2 Å². The minimum Gasteiger partial charge on any atom is -0.462 e. The predicted molar refractivity (Wildman–Crippen MR) is 220 cm³/mol. The number of ether oxygens (including phenoxy) is 3. The molecule has 0 saturated heterocycles. The molecule has 0 unspecified atom stereocenters. The van der Waals surface area contributed by atoms with Crippen molar-refractivity contribution >= 4 is 17.9 Å². The zero-order valence-corrected chi connectivity index (χ0v) is 35.4. The molecule has 0 amide bonds. The Labute approximate surface area is 323 Å². The quantitative estimate of drug-likeness (QED) is 0.0354. The summed E-state index contributed by atoms with van der Waals surface area (Å²) in [6.45, 7) is 11.3. The van der Waals surface area contributed by atoms with Crippen LogP contribution in [0.25, 0.3) is 0 Å². The Hall–Kier alpha value is -1.59. The highest BCUT2D eigenvalue weighted by Crippen LogP contribution is 2.16. The van der Waals surface area contributed by atoms with Crippen molar-refractivity contribution in [2.24, 2.45) is 11.8 Å². The molecule has 6 nitrogen and oxygen atoms in total. The molecular weight excluding hydrogens is 649 g/mol. The monoisotopic (exact) mass is 737 g/mol. The first kappa shape index (κ1) is 50.4. The lowest BCUT2D eigenvalue weighted by atomic mass is 10.0. The first-order chi connectivity index (χ1) is 25.2. The van der Waals surface area contributed by atoms with Crippen molar-refractivity contribution in [1.82, 2.24) is 0 Å². The predicted octanol–water partition coefficient (Wildman–Crippen LogP) is 14.2. The standard InChI is InChI=1S/C46H88O6/c1-6-7-8-9-10-14-21-26-31-36-44(47)50-39-43(52-46(49)38-33-28-23-18-13-16-20-25-30-35-42(4)5)40-51-45(48)37-32-27-22-17-12-11-15-19-24-29-34-41(2)3/h41-43H,6-40H2,1-5H3/t43-/m1/s1. The third-order valence-corrected chi connectivity index (χ3v) is 10.2. The van der Waals surface area contributed by atoms with Crippen molar-refractivity contribution in [1.29, 1.82) is 0 Å². The lowest BCUT2D eigenvalue weighted by Crippen LogP contribution is -2.30. The van der Waals surface area contributed by atoms with Gasteiger partial charge >= 0.3 is 17.9 Å². The second-order valence-corrected chi connectivity index (χ2v) is 16.6. The molecule has 308 valence electrons. The van der Waals surface area contributed by atoms with E-state index in [0.29, 0.717) is 19.3 Å². The number of carbonyl (C=O) groups is 3. The fourth-order valence-corrected chi connectivity index (χ4v) is 6.75. The summed E-state index contributed by atoms with van der Waals surface area (Å²) >= 11 is 0. The van der Waals surface area contributed by atoms with Crippen LogP contribution in [0.3, 0.4) is 0 Å². The van der Waals surface area contributed by atoms with Gasteiger partial charge < -0.3 is 14.2 Å². The zero-order chi connectivity index (χ0) is 38.3. The van der Waals surface area contributed by atoms with Gasteiger partial charge in [-0.1, -0.05) is 208 Å². The van der Waals surface area contributed by atoms with E-state index in [2.05, 4.69) is 34.6 Å². The van der Waals surface area contributed by atoms with E-state index in [1.54, 1.807) is 0 Å². The van der Waals surface area contributed by atoms with Gasteiger partial charge in [-0.25, -0.2) is 0 Å². The van der Waals surface area contributed by atoms with Crippen molar-refractivity contribution in [3.63, 3.8) is 0 Å². The average Bonchev–Trinajstić information content (AvgIpc) is 3.11. The van der Waals surface area contributed by atoms with Crippen LogP contribution < -0.4 is 0 Å². The molecule has 6 heteroatoms. The maximum atomic E-state index is 12.7. The van der Waals surface area contributed by atoms with Crippen LogP contribution in [-0.2, 0) is 28.6 Å². The van der Waals surface area contributed by atoms with Crippen LogP contribution in [0, 0.1) is 11.8 Å². The molecule has 0 saturated carbocycles. The maximum Gasteiger partial charge on any atom is 0.306 e. The van der Waals surface area contributed by atoms with E-state index >= 15 is 0 Å². The summed E-state index contributed by atoms with van der Waals surface area (Å²) < 4.78 is 16.7. The van der Waals surface area contributed by atoms with E-state index < -0.39 is 6.10 Å². The molecule has 0 N–H and O–H groups in total. The van der Waals surface area contributed by atoms with Crippen LogP contribution >= 0.6 is 0 Å². The summed E-state index contributed by atoms with van der Waals surface area (Å²) in [6.07, 6.45) is 36.6. The van der Waals surface area contributed by atoms with Gasteiger partial charge in [-0.2, -0.15) is 0 Å². The Morgan fingerprint density at radius 2 is 0.635 bits per heavy atom. The molecule has 0 radical (unpaired) electrons. The van der Waals surface area contributed by atoms with E-state index in [1.807, 2.05) is 0 Å². The molecule has 0 aromatic rings. The minimum atomic E-state index is -0.760. The van der Waals surface area contributed by atoms with Crippen LogP contribution in [0.15, 0.2) is 0 Å². The lowest BCUT2D eigenvalue weighted by molar-refractivity contribution is -0.167. The van der Waals surface area contributed by atoms with E-state index in [4.69, 9.17) is 14.2 Å². The molecule has 0 rings (SSSR count). The van der Waals surface area contributed by atoms with Gasteiger partial charge in [0.1, 0.15) is 13.2 Å². The van der Waals surface area contributed by atoms with E-state index in [0.717, 1.165) is 69.6 Å². The molecule has 0 aromatic carbocycles. The third-order valence-electron chi connectivity index (χ3n) is 10.2. The number of rotatable bonds is 40. The van der Waals surface area contributed by atoms with Crippen LogP contribution in [0.5, 0.6) is 0 Å². The molecule has 0 aliphatic rings. The highest BCUT2D eigenvalue weighted by Gasteiger charge is 2.19. The summed E-state index contributed by atoms with van der Waals surface area (Å²) in [5.74, 6) is 0.764. The van der Waals surface area contributed by atoms with Gasteiger partial charge in [0.2, 0.25) is 0 Å². The Morgan fingerprint density at radius 3 is 0.942 bits per heavy atom. The normalized spacial score (nSPS) is 12.1. The fraction of sp³-hybridized carbons (Fsp3) is 0.935. The summed E-state index contributed by atoms with van der Waals surface area (Å²) in [7, 11) is 0. The van der Waals surface area contributed by atoms with Gasteiger partial charge in [0.25, 0.3) is 0 Å². The van der Waals surface area contributed by atoms with Crippen LogP contribution in [0.2, 0.25) is 0 Å². The molecule has 0 aromatic heterocycles. The van der Waals surface area contributed by atoms with Gasteiger partial charge in [0, 0.05) is 19.3 Å². The molecule has 0 spiro atoms. The fourth-order valence-electron chi connectivity index (χ4n) is 6.75. The Balaban J connectivity index is 4.32. The molecule has 52 heavy (non-hydrogen) atoms. The van der Waals surface area contributed by atoms with Crippen molar-refractivity contribution in [3.05, 3.63) is 0 Å². The number of esters is 3. The van der Waals surface area contributed by atoms with Crippen molar-refractivity contribution < 1.29 is 28.6 Å². The number of carbonyl (C=O) groups excluding carboxylic acids is 3. The lowest BCUT2D eigenvalue weighted by Gasteiger charge is -2.18. The first-order valence-electron chi connectivity index (χ1n) is 22.7. The highest BCUT2D eigenvalue weighted by molar-refractivity contribution is 5.71. The summed E-state index contributed by atoms with van der Waals surface area (Å²) in [4.78, 5) is 37.6. The Morgan fingerprint density at radius 1 is 0.365 bits per heavy atom. The Bertz CT molecular complexity index is 794. The first-order valence-corrected chi connectivity index (χ1v) is 22.7. The number of hydrogen-bond acceptors (Lipinski definition) is 6. The van der Waals surface area contributed by atoms with Gasteiger partial charge in [-0.15, -0.1) is 0 Å². The van der Waals surface area contributed by atoms with Crippen LogP contribution in [0.1, 0.15) is 247 Å². The molecular formula is C46H88O6. The van der Waals surface area contributed by atoms with Crippen LogP contribution in [0.4, 0.5) is 0 Å². The van der Waals surface area contributed by atoms with Gasteiger partial charge in [0.15, 0.2) is 6.10 Å². The number of unbranched alkanes of at least 4 members (excludes halogenated alkanes) is 25. The maximum absolute atomic E-state index is 12.7. The minimum absolute atomic E-state index is 0.0653. The summed E-state index contributed by atoms with van der Waals surface area (Å²) in [5, 5.41) is 0. The smallest absolute Gasteiger partial charge is 0.306 e. The molecule has 1 atom stereocenters. The largest absolute Gasteiger partial charge is 0.462 e. The van der Waals surface area contributed by atoms with Gasteiger partial charge in [-0.05, 0) is 31.1 Å². The zero-order valence-electron chi connectivity index (χ0n) is 35.4. The van der Waals surface area contributed by atoms with Gasteiger partial charge in [-0.3, -0.25) is 14.4 Å². The summed E-state index contributed by atoms with van der Waals surface area (Å²) in [6, 6.07) is 0. The van der Waals surface area contributed by atoms with Crippen molar-refractivity contribution in [2.75, 3.05) is 13.2 Å². The van der Waals surface area contributed by atoms with Crippen molar-refractivity contribution in [3.8, 4) is 0 Å². The molecule has 0 fully saturated rings. The SMILES string of the molecule is CCCCCCCCCCCC(=O)OC[C@H](COC(=O)CCCCCCCCCCCCC(C)C)OC(=O)CCCCCCCCCCCC(C)C. The molecule has 0 heterocycles. The topological polar surface area (TPSA) is 78.9 Å².